The molecule has 0 radical (unpaired) electrons. The van der Waals surface area contributed by atoms with Gasteiger partial charge in [0, 0.05) is 46.2 Å². The van der Waals surface area contributed by atoms with Crippen LogP contribution < -0.4 is 11.1 Å². The minimum atomic E-state index is -0.323. The maximum absolute atomic E-state index is 13.0. The van der Waals surface area contributed by atoms with Crippen LogP contribution in [0.3, 0.4) is 0 Å². The largest absolute Gasteiger partial charge is 0.342 e. The maximum Gasteiger partial charge on any atom is 0.259 e. The van der Waals surface area contributed by atoms with Crippen LogP contribution in [0.15, 0.2) is 48.5 Å². The Bertz CT molecular complexity index is 1550. The zero-order valence-corrected chi connectivity index (χ0v) is 16.5. The van der Waals surface area contributed by atoms with Crippen molar-refractivity contribution in [1.29, 1.82) is 0 Å². The quantitative estimate of drug-likeness (QED) is 0.457. The van der Waals surface area contributed by atoms with E-state index in [-0.39, 0.29) is 11.8 Å². The van der Waals surface area contributed by atoms with Crippen molar-refractivity contribution >= 4 is 55.4 Å². The minimum Gasteiger partial charge on any atom is -0.342 e. The number of para-hydroxylation sites is 2. The first-order valence-electron chi connectivity index (χ1n) is 10.1. The highest BCUT2D eigenvalue weighted by Gasteiger charge is 2.36. The van der Waals surface area contributed by atoms with E-state index in [2.05, 4.69) is 26.6 Å². The third kappa shape index (κ3) is 1.96. The Balaban J connectivity index is 1.99. The topological polar surface area (TPSA) is 82.0 Å². The van der Waals surface area contributed by atoms with Crippen molar-refractivity contribution < 1.29 is 9.59 Å². The molecule has 148 valence electrons. The zero-order chi connectivity index (χ0) is 20.6. The number of rotatable bonds is 3. The zero-order valence-electron chi connectivity index (χ0n) is 16.5. The van der Waals surface area contributed by atoms with Gasteiger partial charge in [-0.3, -0.25) is 14.9 Å². The summed E-state index contributed by atoms with van der Waals surface area (Å²) in [4.78, 5) is 25.9. The number of carbonyl (C=O) groups excluding carboxylic acids is 2. The molecule has 0 saturated carbocycles. The highest BCUT2D eigenvalue weighted by Crippen LogP contribution is 2.44. The van der Waals surface area contributed by atoms with Gasteiger partial charge >= 0.3 is 0 Å². The van der Waals surface area contributed by atoms with E-state index in [0.29, 0.717) is 17.7 Å². The molecule has 0 bridgehead atoms. The molecule has 6 nitrogen and oxygen atoms in total. The summed E-state index contributed by atoms with van der Waals surface area (Å²) < 4.78 is 4.40. The van der Waals surface area contributed by atoms with E-state index in [1.54, 1.807) is 0 Å². The maximum atomic E-state index is 13.0. The van der Waals surface area contributed by atoms with Gasteiger partial charge in [-0.05, 0) is 25.1 Å². The van der Waals surface area contributed by atoms with Crippen molar-refractivity contribution in [3.63, 3.8) is 0 Å². The Morgan fingerprint density at radius 3 is 2.07 bits per heavy atom. The highest BCUT2D eigenvalue weighted by molar-refractivity contribution is 6.39. The van der Waals surface area contributed by atoms with Crippen LogP contribution in [0.4, 0.5) is 0 Å². The summed E-state index contributed by atoms with van der Waals surface area (Å²) in [6, 6.07) is 16.1. The van der Waals surface area contributed by atoms with E-state index in [1.165, 1.54) is 0 Å². The summed E-state index contributed by atoms with van der Waals surface area (Å²) in [5.74, 6) is -0.645. The van der Waals surface area contributed by atoms with Gasteiger partial charge in [-0.25, -0.2) is 0 Å². The van der Waals surface area contributed by atoms with Gasteiger partial charge in [-0.2, -0.15) is 0 Å². The molecule has 0 fully saturated rings. The van der Waals surface area contributed by atoms with Crippen molar-refractivity contribution in [3.05, 3.63) is 59.7 Å². The van der Waals surface area contributed by atoms with Crippen LogP contribution in [0.2, 0.25) is 0 Å². The average molecular weight is 396 g/mol. The minimum absolute atomic E-state index is 0.322. The average Bonchev–Trinajstić information content (AvgIpc) is 3.35. The molecule has 6 rings (SSSR count). The molecule has 3 heterocycles. The molecule has 5 aromatic rings. The third-order valence-electron chi connectivity index (χ3n) is 6.32. The van der Waals surface area contributed by atoms with Gasteiger partial charge in [0.2, 0.25) is 0 Å². The summed E-state index contributed by atoms with van der Waals surface area (Å²) in [6.07, 6.45) is 0.821. The second-order valence-electron chi connectivity index (χ2n) is 7.87. The summed E-state index contributed by atoms with van der Waals surface area (Å²) in [7, 11) is 2.02. The molecular formula is C24H20N4O2. The molecule has 6 heteroatoms. The number of hydrogen-bond donors (Lipinski definition) is 2. The number of fused-ring (bicyclic) bond motifs is 10. The molecule has 30 heavy (non-hydrogen) atoms. The molecule has 1 aliphatic rings. The molecule has 2 aromatic heterocycles. The SMILES string of the molecule is Cn1c2ccccc2c2c3c(c4c5ccccc5n(CCCN)c4c21)C(=O)NC3=O. The molecule has 0 aliphatic carbocycles. The van der Waals surface area contributed by atoms with E-state index in [1.807, 2.05) is 43.4 Å². The van der Waals surface area contributed by atoms with Gasteiger partial charge in [0.1, 0.15) is 0 Å². The number of hydrogen-bond acceptors (Lipinski definition) is 3. The predicted molar refractivity (Wildman–Crippen MR) is 119 cm³/mol. The lowest BCUT2D eigenvalue weighted by Crippen LogP contribution is -2.20. The molecule has 3 N–H and O–H groups in total. The van der Waals surface area contributed by atoms with Gasteiger partial charge < -0.3 is 14.9 Å². The van der Waals surface area contributed by atoms with Crippen LogP contribution in [0.5, 0.6) is 0 Å². The number of nitrogens with zero attached hydrogens (tertiary/aromatic N) is 2. The molecule has 3 aromatic carbocycles. The van der Waals surface area contributed by atoms with Crippen LogP contribution in [0.25, 0.3) is 43.6 Å². The normalized spacial score (nSPS) is 13.8. The summed E-state index contributed by atoms with van der Waals surface area (Å²) >= 11 is 0. The van der Waals surface area contributed by atoms with E-state index in [4.69, 9.17) is 5.73 Å². The summed E-state index contributed by atoms with van der Waals surface area (Å²) in [5.41, 5.74) is 10.9. The molecule has 1 aliphatic heterocycles. The van der Waals surface area contributed by atoms with Crippen molar-refractivity contribution in [2.24, 2.45) is 12.8 Å². The molecule has 0 atom stereocenters. The van der Waals surface area contributed by atoms with Gasteiger partial charge in [0.15, 0.2) is 0 Å². The fourth-order valence-corrected chi connectivity index (χ4v) is 5.14. The number of nitrogens with one attached hydrogen (secondary N) is 1. The second kappa shape index (κ2) is 5.93. The first kappa shape index (κ1) is 17.2. The van der Waals surface area contributed by atoms with Gasteiger partial charge in [0.05, 0.1) is 22.2 Å². The molecule has 2 amide bonds. The predicted octanol–water partition coefficient (Wildman–Crippen LogP) is 3.67. The smallest absolute Gasteiger partial charge is 0.259 e. The molecule has 0 unspecified atom stereocenters. The van der Waals surface area contributed by atoms with E-state index < -0.39 is 0 Å². The number of aryl methyl sites for hydroxylation is 2. The lowest BCUT2D eigenvalue weighted by molar-refractivity contribution is 0.0880. The van der Waals surface area contributed by atoms with E-state index >= 15 is 0 Å². The van der Waals surface area contributed by atoms with Crippen LogP contribution >= 0.6 is 0 Å². The van der Waals surface area contributed by atoms with Gasteiger partial charge in [-0.15, -0.1) is 0 Å². The van der Waals surface area contributed by atoms with Crippen LogP contribution in [-0.4, -0.2) is 27.5 Å². The lowest BCUT2D eigenvalue weighted by atomic mass is 9.96. The second-order valence-corrected chi connectivity index (χ2v) is 7.87. The van der Waals surface area contributed by atoms with Gasteiger partial charge in [0.25, 0.3) is 11.8 Å². The number of imide groups is 1. The monoisotopic (exact) mass is 396 g/mol. The van der Waals surface area contributed by atoms with E-state index in [9.17, 15) is 9.59 Å². The van der Waals surface area contributed by atoms with Crippen molar-refractivity contribution in [2.75, 3.05) is 6.54 Å². The van der Waals surface area contributed by atoms with Crippen molar-refractivity contribution in [3.8, 4) is 0 Å². The Hall–Kier alpha value is -3.64. The van der Waals surface area contributed by atoms with Crippen LogP contribution in [0.1, 0.15) is 27.1 Å². The molecular weight excluding hydrogens is 376 g/mol. The number of aromatic nitrogens is 2. The summed E-state index contributed by atoms with van der Waals surface area (Å²) in [5, 5.41) is 6.20. The molecule has 0 saturated heterocycles. The highest BCUT2D eigenvalue weighted by atomic mass is 16.2. The number of amides is 2. The number of benzene rings is 3. The standard InChI is InChI=1S/C24H20N4O2/c1-27-15-9-4-2-7-13(15)17-19-20(24(30)26-23(19)29)18-14-8-3-5-10-16(14)28(12-6-11-25)22(18)21(17)27/h2-5,7-10H,6,11-12,25H2,1H3,(H,26,29,30). The van der Waals surface area contributed by atoms with Crippen LogP contribution in [0, 0.1) is 0 Å². The number of nitrogens with two attached hydrogens (primary N) is 1. The van der Waals surface area contributed by atoms with Crippen molar-refractivity contribution in [2.45, 2.75) is 13.0 Å². The Kier molecular flexibility index (Phi) is 3.41. The first-order valence-corrected chi connectivity index (χ1v) is 10.1. The first-order chi connectivity index (χ1) is 14.6. The van der Waals surface area contributed by atoms with Crippen LogP contribution in [-0.2, 0) is 13.6 Å². The van der Waals surface area contributed by atoms with Crippen molar-refractivity contribution in [1.82, 2.24) is 14.5 Å². The Labute approximate surface area is 171 Å². The fourth-order valence-electron chi connectivity index (χ4n) is 5.14. The van der Waals surface area contributed by atoms with E-state index in [0.717, 1.165) is 56.6 Å². The fraction of sp³-hybridized carbons (Fsp3) is 0.167. The Morgan fingerprint density at radius 1 is 0.833 bits per heavy atom. The lowest BCUT2D eigenvalue weighted by Gasteiger charge is -2.10. The number of carbonyl (C=O) groups is 2. The summed E-state index contributed by atoms with van der Waals surface area (Å²) in [6.45, 7) is 1.32. The third-order valence-corrected chi connectivity index (χ3v) is 6.32. The Morgan fingerprint density at radius 2 is 1.40 bits per heavy atom. The van der Waals surface area contributed by atoms with Gasteiger partial charge in [-0.1, -0.05) is 36.4 Å². The molecule has 0 spiro atoms.